The van der Waals surface area contributed by atoms with Crippen LogP contribution in [-0.4, -0.2) is 36.5 Å². The van der Waals surface area contributed by atoms with Gasteiger partial charge in [0, 0.05) is 0 Å². The Morgan fingerprint density at radius 3 is 2.30 bits per heavy atom. The van der Waals surface area contributed by atoms with Crippen molar-refractivity contribution in [3.8, 4) is 0 Å². The highest BCUT2D eigenvalue weighted by molar-refractivity contribution is 5.81. The van der Waals surface area contributed by atoms with Crippen LogP contribution in [0.2, 0.25) is 0 Å². The number of methoxy groups -OCH3 is 1. The van der Waals surface area contributed by atoms with Crippen molar-refractivity contribution in [3.05, 3.63) is 35.9 Å². The predicted octanol–water partition coefficient (Wildman–Crippen LogP) is 1.80. The monoisotopic (exact) mass is 291 g/mol. The number of benzene rings is 1. The van der Waals surface area contributed by atoms with Crippen LogP contribution in [0, 0.1) is 0 Å². The van der Waals surface area contributed by atoms with E-state index in [2.05, 4.69) is 10.1 Å². The molecule has 0 radical (unpaired) electrons. The summed E-state index contributed by atoms with van der Waals surface area (Å²) < 4.78 is 43.5. The van der Waals surface area contributed by atoms with Crippen molar-refractivity contribution in [2.75, 3.05) is 13.7 Å². The summed E-state index contributed by atoms with van der Waals surface area (Å²) in [5.41, 5.74) is -2.46. The van der Waals surface area contributed by atoms with E-state index in [0.29, 0.717) is 12.5 Å². The Bertz CT molecular complexity index is 450. The minimum Gasteiger partial charge on any atom is -0.467 e. The second kappa shape index (κ2) is 6.23. The number of nitrogens with one attached hydrogen (secondary N) is 1. The number of esters is 1. The number of aliphatic hydroxyl groups is 1. The molecule has 0 fully saturated rings. The quantitative estimate of drug-likeness (QED) is 0.812. The van der Waals surface area contributed by atoms with Crippen molar-refractivity contribution < 1.29 is 27.8 Å². The van der Waals surface area contributed by atoms with Crippen LogP contribution in [0.1, 0.15) is 18.5 Å². The Morgan fingerprint density at radius 1 is 1.35 bits per heavy atom. The van der Waals surface area contributed by atoms with Gasteiger partial charge in [-0.25, -0.2) is 4.79 Å². The summed E-state index contributed by atoms with van der Waals surface area (Å²) in [6.45, 7) is 0.0944. The zero-order valence-corrected chi connectivity index (χ0v) is 11.1. The van der Waals surface area contributed by atoms with E-state index in [9.17, 15) is 23.1 Å². The van der Waals surface area contributed by atoms with Crippen LogP contribution < -0.4 is 5.32 Å². The maximum Gasteiger partial charge on any atom is 0.417 e. The molecule has 1 aromatic carbocycles. The molecule has 2 N–H and O–H groups in total. The Labute approximate surface area is 114 Å². The van der Waals surface area contributed by atoms with E-state index in [4.69, 9.17) is 0 Å². The Kier molecular flexibility index (Phi) is 5.13. The number of halogens is 3. The van der Waals surface area contributed by atoms with E-state index < -0.39 is 30.3 Å². The van der Waals surface area contributed by atoms with Crippen molar-refractivity contribution in [1.82, 2.24) is 5.32 Å². The van der Waals surface area contributed by atoms with Gasteiger partial charge in [-0.3, -0.25) is 5.32 Å². The number of carbonyl (C=O) groups excluding carboxylic acids is 1. The number of hydrogen-bond donors (Lipinski definition) is 2. The standard InChI is InChI=1S/C13H16F3NO3/c1-12(11(19)20-2,13(14,15)16)17-10(8-18)9-6-4-3-5-7-9/h3-7,10,17-18H,8H2,1-2H3/t10-,12+/m0/s1. The first kappa shape index (κ1) is 16.5. The van der Waals surface area contributed by atoms with Crippen molar-refractivity contribution in [2.24, 2.45) is 0 Å². The molecule has 0 aliphatic rings. The highest BCUT2D eigenvalue weighted by Crippen LogP contribution is 2.33. The summed E-state index contributed by atoms with van der Waals surface area (Å²) in [5.74, 6) is -1.46. The summed E-state index contributed by atoms with van der Waals surface area (Å²) in [4.78, 5) is 11.5. The lowest BCUT2D eigenvalue weighted by Crippen LogP contribution is -2.61. The van der Waals surface area contributed by atoms with Crippen LogP contribution >= 0.6 is 0 Å². The zero-order chi connectivity index (χ0) is 15.4. The largest absolute Gasteiger partial charge is 0.467 e. The highest BCUT2D eigenvalue weighted by atomic mass is 19.4. The zero-order valence-electron chi connectivity index (χ0n) is 11.1. The van der Waals surface area contributed by atoms with Gasteiger partial charge < -0.3 is 9.84 Å². The van der Waals surface area contributed by atoms with E-state index in [-0.39, 0.29) is 0 Å². The number of alkyl halides is 3. The SMILES string of the molecule is COC(=O)[C@@](C)(N[C@@H](CO)c1ccccc1)C(F)(F)F. The van der Waals surface area contributed by atoms with Gasteiger partial charge in [0.15, 0.2) is 0 Å². The first-order valence-corrected chi connectivity index (χ1v) is 5.85. The molecule has 1 rings (SSSR count). The molecular formula is C13H16F3NO3. The van der Waals surface area contributed by atoms with E-state index >= 15 is 0 Å². The Hall–Kier alpha value is -1.60. The van der Waals surface area contributed by atoms with E-state index in [0.717, 1.165) is 7.11 Å². The number of ether oxygens (including phenoxy) is 1. The van der Waals surface area contributed by atoms with Gasteiger partial charge in [-0.1, -0.05) is 30.3 Å². The first-order valence-electron chi connectivity index (χ1n) is 5.85. The second-order valence-electron chi connectivity index (χ2n) is 4.40. The molecule has 0 amide bonds. The minimum atomic E-state index is -4.86. The van der Waals surface area contributed by atoms with Gasteiger partial charge in [0.25, 0.3) is 0 Å². The molecule has 0 bridgehead atoms. The van der Waals surface area contributed by atoms with Gasteiger partial charge in [-0.2, -0.15) is 13.2 Å². The fourth-order valence-electron chi connectivity index (χ4n) is 1.73. The van der Waals surface area contributed by atoms with Gasteiger partial charge in [0.2, 0.25) is 5.54 Å². The molecule has 0 spiro atoms. The molecule has 0 aliphatic carbocycles. The topological polar surface area (TPSA) is 58.6 Å². The third-order valence-electron chi connectivity index (χ3n) is 3.01. The molecule has 4 nitrogen and oxygen atoms in total. The molecule has 20 heavy (non-hydrogen) atoms. The second-order valence-corrected chi connectivity index (χ2v) is 4.40. The summed E-state index contributed by atoms with van der Waals surface area (Å²) in [7, 11) is 0.879. The third-order valence-corrected chi connectivity index (χ3v) is 3.01. The van der Waals surface area contributed by atoms with Gasteiger partial charge in [-0.05, 0) is 12.5 Å². The maximum absolute atomic E-state index is 13.1. The lowest BCUT2D eigenvalue weighted by atomic mass is 9.97. The number of hydrogen-bond acceptors (Lipinski definition) is 4. The van der Waals surface area contributed by atoms with E-state index in [1.54, 1.807) is 30.3 Å². The molecular weight excluding hydrogens is 275 g/mol. The molecule has 0 heterocycles. The third kappa shape index (κ3) is 3.29. The van der Waals surface area contributed by atoms with Crippen molar-refractivity contribution in [1.29, 1.82) is 0 Å². The number of rotatable bonds is 5. The van der Waals surface area contributed by atoms with Crippen LogP contribution in [0.15, 0.2) is 30.3 Å². The van der Waals surface area contributed by atoms with Crippen LogP contribution in [-0.2, 0) is 9.53 Å². The molecule has 0 aliphatic heterocycles. The highest BCUT2D eigenvalue weighted by Gasteiger charge is 2.58. The molecule has 2 atom stereocenters. The lowest BCUT2D eigenvalue weighted by molar-refractivity contribution is -0.210. The Morgan fingerprint density at radius 2 is 1.90 bits per heavy atom. The summed E-state index contributed by atoms with van der Waals surface area (Å²) in [6.07, 6.45) is -4.86. The molecule has 1 aromatic rings. The van der Waals surface area contributed by atoms with E-state index in [1.807, 2.05) is 0 Å². The van der Waals surface area contributed by atoms with Crippen LogP contribution in [0.3, 0.4) is 0 Å². The summed E-state index contributed by atoms with van der Waals surface area (Å²) >= 11 is 0. The fraction of sp³-hybridized carbons (Fsp3) is 0.462. The van der Waals surface area contributed by atoms with E-state index in [1.165, 1.54) is 0 Å². The molecule has 112 valence electrons. The maximum atomic E-state index is 13.1. The summed E-state index contributed by atoms with van der Waals surface area (Å²) in [5, 5.41) is 11.4. The predicted molar refractivity (Wildman–Crippen MR) is 65.9 cm³/mol. The summed E-state index contributed by atoms with van der Waals surface area (Å²) in [6, 6.07) is 7.03. The molecule has 0 aromatic heterocycles. The van der Waals surface area contributed by atoms with Crippen molar-refractivity contribution >= 4 is 5.97 Å². The smallest absolute Gasteiger partial charge is 0.417 e. The van der Waals surface area contributed by atoms with Gasteiger partial charge in [0.1, 0.15) is 0 Å². The average molecular weight is 291 g/mol. The van der Waals surface area contributed by atoms with Crippen molar-refractivity contribution in [2.45, 2.75) is 24.7 Å². The molecule has 0 saturated carbocycles. The van der Waals surface area contributed by atoms with Gasteiger partial charge in [0.05, 0.1) is 19.8 Å². The Balaban J connectivity index is 3.09. The normalized spacial score (nSPS) is 16.3. The number of aliphatic hydroxyl groups excluding tert-OH is 1. The first-order chi connectivity index (χ1) is 9.26. The van der Waals surface area contributed by atoms with Crippen molar-refractivity contribution in [3.63, 3.8) is 0 Å². The van der Waals surface area contributed by atoms with Gasteiger partial charge in [-0.15, -0.1) is 0 Å². The average Bonchev–Trinajstić information content (AvgIpc) is 2.43. The molecule has 0 saturated heterocycles. The molecule has 7 heteroatoms. The lowest BCUT2D eigenvalue weighted by Gasteiger charge is -2.33. The van der Waals surface area contributed by atoms with Crippen LogP contribution in [0.25, 0.3) is 0 Å². The van der Waals surface area contributed by atoms with Crippen LogP contribution in [0.4, 0.5) is 13.2 Å². The van der Waals surface area contributed by atoms with Crippen LogP contribution in [0.5, 0.6) is 0 Å². The molecule has 0 unspecified atom stereocenters. The minimum absolute atomic E-state index is 0.439. The fourth-order valence-corrected chi connectivity index (χ4v) is 1.73. The van der Waals surface area contributed by atoms with Gasteiger partial charge >= 0.3 is 12.1 Å². The number of carbonyl (C=O) groups is 1.